The summed E-state index contributed by atoms with van der Waals surface area (Å²) in [5.41, 5.74) is 1.26. The monoisotopic (exact) mass is 391 g/mol. The molecule has 1 aliphatic rings. The van der Waals surface area contributed by atoms with Crippen LogP contribution in [0, 0.1) is 11.8 Å². The van der Waals surface area contributed by atoms with Gasteiger partial charge >= 0.3 is 0 Å². The van der Waals surface area contributed by atoms with Crippen LogP contribution in [0.1, 0.15) is 64.9 Å². The van der Waals surface area contributed by atoms with E-state index < -0.39 is 11.4 Å². The van der Waals surface area contributed by atoms with Crippen LogP contribution in [0.15, 0.2) is 42.5 Å². The lowest BCUT2D eigenvalue weighted by Gasteiger charge is -2.26. The molecule has 1 atom stereocenters. The van der Waals surface area contributed by atoms with Crippen LogP contribution in [0.4, 0.5) is 0 Å². The van der Waals surface area contributed by atoms with Crippen molar-refractivity contribution in [1.29, 1.82) is 0 Å². The van der Waals surface area contributed by atoms with E-state index in [-0.39, 0.29) is 4.75 Å². The zero-order valence-electron chi connectivity index (χ0n) is 17.3. The third kappa shape index (κ3) is 9.29. The summed E-state index contributed by atoms with van der Waals surface area (Å²) >= 11 is -0.963. The van der Waals surface area contributed by atoms with Crippen molar-refractivity contribution in [2.75, 3.05) is 13.2 Å². The Morgan fingerprint density at radius 2 is 1.85 bits per heavy atom. The molecule has 0 aromatic heterocycles. The molecule has 1 aromatic carbocycles. The molecule has 152 valence electrons. The van der Waals surface area contributed by atoms with Crippen LogP contribution >= 0.6 is 0 Å². The highest BCUT2D eigenvalue weighted by Gasteiger charge is 2.25. The van der Waals surface area contributed by atoms with Crippen molar-refractivity contribution in [2.45, 2.75) is 70.7 Å². The van der Waals surface area contributed by atoms with Gasteiger partial charge in [-0.1, -0.05) is 42.5 Å². The number of hydrogen-bond donors (Lipinski definition) is 1. The summed E-state index contributed by atoms with van der Waals surface area (Å²) in [6.45, 7) is 8.38. The number of ether oxygens (including phenoxy) is 1. The molecule has 0 amide bonds. The van der Waals surface area contributed by atoms with E-state index in [1.54, 1.807) is 0 Å². The first-order valence-electron chi connectivity index (χ1n) is 10.4. The molecule has 0 unspecified atom stereocenters. The van der Waals surface area contributed by atoms with Crippen molar-refractivity contribution in [1.82, 2.24) is 4.72 Å². The van der Waals surface area contributed by atoms with E-state index in [2.05, 4.69) is 41.1 Å². The van der Waals surface area contributed by atoms with Crippen LogP contribution in [0.25, 0.3) is 0 Å². The van der Waals surface area contributed by atoms with E-state index in [0.717, 1.165) is 38.0 Å². The number of nitrogens with one attached hydrogen (secondary N) is 1. The van der Waals surface area contributed by atoms with Crippen molar-refractivity contribution in [3.05, 3.63) is 48.0 Å². The summed E-state index contributed by atoms with van der Waals surface area (Å²) in [6.07, 6.45) is 12.0. The number of hydrogen-bond acceptors (Lipinski definition) is 3. The zero-order chi connectivity index (χ0) is 19.5. The Kier molecular flexibility index (Phi) is 9.91. The predicted molar refractivity (Wildman–Crippen MR) is 116 cm³/mol. The standard InChI is InChI=1S/C23H37NO2S/c1-23(2,3)27(25)24-17-8-7-9-20-12-14-21(15-13-20)16-18-26-19-22-10-5-4-6-11-22/h4-7,9-11,20-21,24H,8,12-19H2,1-3H3/t20-,21-,27-/m1/s1. The molecular formula is C23H37NO2S. The molecule has 0 bridgehead atoms. The molecule has 0 heterocycles. The van der Waals surface area contributed by atoms with Crippen molar-refractivity contribution < 1.29 is 9.29 Å². The second-order valence-electron chi connectivity index (χ2n) is 8.60. The topological polar surface area (TPSA) is 44.3 Å². The maximum absolute atomic E-state index is 11.9. The van der Waals surface area contributed by atoms with Crippen LogP contribution in [0.5, 0.6) is 0 Å². The molecule has 1 N–H and O–H groups in total. The van der Waals surface area contributed by atoms with Gasteiger partial charge in [-0.15, -0.1) is 4.72 Å². The first-order chi connectivity index (χ1) is 12.9. The maximum Gasteiger partial charge on any atom is 0.136 e. The normalized spacial score (nSPS) is 22.2. The van der Waals surface area contributed by atoms with E-state index in [9.17, 15) is 4.55 Å². The van der Waals surface area contributed by atoms with E-state index in [4.69, 9.17) is 4.74 Å². The quantitative estimate of drug-likeness (QED) is 0.330. The van der Waals surface area contributed by atoms with E-state index in [1.165, 1.54) is 37.7 Å². The lowest BCUT2D eigenvalue weighted by molar-refractivity contribution is 0.0996. The highest BCUT2D eigenvalue weighted by atomic mass is 32.2. The van der Waals surface area contributed by atoms with Gasteiger partial charge in [-0.3, -0.25) is 0 Å². The molecule has 0 spiro atoms. The Morgan fingerprint density at radius 1 is 1.15 bits per heavy atom. The highest BCUT2D eigenvalue weighted by Crippen LogP contribution is 2.31. The summed E-state index contributed by atoms with van der Waals surface area (Å²) < 4.78 is 20.7. The Balaban J connectivity index is 1.51. The lowest BCUT2D eigenvalue weighted by Crippen LogP contribution is -2.39. The summed E-state index contributed by atoms with van der Waals surface area (Å²) in [7, 11) is 0. The fraction of sp³-hybridized carbons (Fsp3) is 0.652. The van der Waals surface area contributed by atoms with E-state index in [0.29, 0.717) is 0 Å². The fourth-order valence-electron chi connectivity index (χ4n) is 3.42. The highest BCUT2D eigenvalue weighted by molar-refractivity contribution is 7.90. The van der Waals surface area contributed by atoms with Gasteiger partial charge in [0.2, 0.25) is 0 Å². The SMILES string of the molecule is CC(C)(C)[S@@+]([O-])NCCC=C[C@H]1CC[C@H](CCOCc2ccccc2)CC1. The van der Waals surface area contributed by atoms with Gasteiger partial charge in [0, 0.05) is 24.5 Å². The smallest absolute Gasteiger partial charge is 0.136 e. The molecule has 2 rings (SSSR count). The molecule has 0 radical (unpaired) electrons. The molecule has 1 saturated carbocycles. The molecule has 1 aromatic rings. The van der Waals surface area contributed by atoms with Crippen LogP contribution in [0.3, 0.4) is 0 Å². The first kappa shape index (κ1) is 22.5. The Morgan fingerprint density at radius 3 is 2.52 bits per heavy atom. The minimum Gasteiger partial charge on any atom is -0.598 e. The van der Waals surface area contributed by atoms with Gasteiger partial charge in [-0.05, 0) is 76.7 Å². The van der Waals surface area contributed by atoms with Crippen LogP contribution in [-0.2, 0) is 22.7 Å². The van der Waals surface area contributed by atoms with Crippen LogP contribution in [0.2, 0.25) is 0 Å². The predicted octanol–water partition coefficient (Wildman–Crippen LogP) is 5.40. The number of benzene rings is 1. The van der Waals surface area contributed by atoms with Gasteiger partial charge in [0.25, 0.3) is 0 Å². The molecule has 0 saturated heterocycles. The van der Waals surface area contributed by atoms with E-state index in [1.807, 2.05) is 26.8 Å². The van der Waals surface area contributed by atoms with E-state index >= 15 is 0 Å². The summed E-state index contributed by atoms with van der Waals surface area (Å²) in [5.74, 6) is 1.54. The Bertz CT molecular complexity index is 533. The fourth-order valence-corrected chi connectivity index (χ4v) is 4.16. The van der Waals surface area contributed by atoms with Crippen molar-refractivity contribution in [2.24, 2.45) is 11.8 Å². The van der Waals surface area contributed by atoms with Gasteiger partial charge in [-0.25, -0.2) is 0 Å². The first-order valence-corrected chi connectivity index (χ1v) is 11.5. The molecule has 3 nitrogen and oxygen atoms in total. The minimum atomic E-state index is -0.963. The largest absolute Gasteiger partial charge is 0.598 e. The van der Waals surface area contributed by atoms with Crippen LogP contribution < -0.4 is 4.72 Å². The third-order valence-electron chi connectivity index (χ3n) is 5.18. The zero-order valence-corrected chi connectivity index (χ0v) is 18.1. The van der Waals surface area contributed by atoms with Gasteiger partial charge in [-0.2, -0.15) is 0 Å². The van der Waals surface area contributed by atoms with Crippen LogP contribution in [-0.4, -0.2) is 22.5 Å². The van der Waals surface area contributed by atoms with Crippen molar-refractivity contribution in [3.63, 3.8) is 0 Å². The second kappa shape index (κ2) is 11.9. The second-order valence-corrected chi connectivity index (χ2v) is 10.7. The molecule has 4 heteroatoms. The number of rotatable bonds is 10. The average Bonchev–Trinajstić information content (AvgIpc) is 2.66. The Hall–Kier alpha value is -0.810. The number of allylic oxidation sites excluding steroid dienone is 1. The van der Waals surface area contributed by atoms with Gasteiger partial charge in [0.1, 0.15) is 4.75 Å². The molecule has 1 aliphatic carbocycles. The van der Waals surface area contributed by atoms with Gasteiger partial charge in [0.05, 0.1) is 6.61 Å². The van der Waals surface area contributed by atoms with Gasteiger partial charge < -0.3 is 9.29 Å². The summed E-state index contributed by atoms with van der Waals surface area (Å²) in [5, 5.41) is 0. The average molecular weight is 392 g/mol. The lowest BCUT2D eigenvalue weighted by atomic mass is 9.80. The van der Waals surface area contributed by atoms with Crippen molar-refractivity contribution in [3.8, 4) is 0 Å². The molecular weight excluding hydrogens is 354 g/mol. The van der Waals surface area contributed by atoms with Crippen molar-refractivity contribution >= 4 is 11.4 Å². The Labute approximate surface area is 169 Å². The molecule has 27 heavy (non-hydrogen) atoms. The molecule has 1 fully saturated rings. The van der Waals surface area contributed by atoms with Gasteiger partial charge in [0.15, 0.2) is 0 Å². The summed E-state index contributed by atoms with van der Waals surface area (Å²) in [4.78, 5) is 0. The summed E-state index contributed by atoms with van der Waals surface area (Å²) in [6, 6.07) is 10.4. The minimum absolute atomic E-state index is 0.188. The molecule has 0 aliphatic heterocycles. The third-order valence-corrected chi connectivity index (χ3v) is 6.76. The maximum atomic E-state index is 11.9.